The van der Waals surface area contributed by atoms with Crippen LogP contribution in [-0.2, 0) is 0 Å². The number of hydrogen-bond donors (Lipinski definition) is 0. The molecule has 10 aromatic rings. The fourth-order valence-electron chi connectivity index (χ4n) is 9.77. The van der Waals surface area contributed by atoms with Gasteiger partial charge in [0, 0.05) is 5.56 Å². The standard InChI is InChI=1S/C58H37N/c1-3-13-37(14-4-1)39-23-27-41(28-24-39)55-48-20-10-11-21-49(48)56(42-29-25-40(26-30-42)38-15-5-2-6-16-38)53-35-43(31-33-50(53)55)44-32-34-52-54(36-44)59-58-51-22-12-8-18-46(51)45-17-7-9-19-47(45)57(52)58/h1-36,57H. The largest absolute Gasteiger partial charge is 0.251 e. The molecule has 0 amide bonds. The zero-order valence-corrected chi connectivity index (χ0v) is 32.3. The van der Waals surface area contributed by atoms with Crippen LogP contribution in [0.3, 0.4) is 0 Å². The summed E-state index contributed by atoms with van der Waals surface area (Å²) in [6, 6.07) is 80.1. The fourth-order valence-corrected chi connectivity index (χ4v) is 9.77. The summed E-state index contributed by atoms with van der Waals surface area (Å²) in [5, 5.41) is 4.97. The minimum Gasteiger partial charge on any atom is -0.251 e. The minimum atomic E-state index is 0.134. The zero-order chi connectivity index (χ0) is 38.9. The second kappa shape index (κ2) is 13.5. The highest BCUT2D eigenvalue weighted by Crippen LogP contribution is 2.51. The molecule has 0 aromatic heterocycles. The molecule has 59 heavy (non-hydrogen) atoms. The van der Waals surface area contributed by atoms with Gasteiger partial charge in [0.05, 0.1) is 17.3 Å². The van der Waals surface area contributed by atoms with E-state index in [2.05, 4.69) is 218 Å². The third kappa shape index (κ3) is 5.43. The quantitative estimate of drug-likeness (QED) is 0.156. The normalized spacial score (nSPS) is 13.7. The van der Waals surface area contributed by atoms with Crippen LogP contribution in [0.1, 0.15) is 22.6 Å². The molecule has 0 saturated carbocycles. The van der Waals surface area contributed by atoms with Crippen LogP contribution in [0.2, 0.25) is 0 Å². The molecule has 274 valence electrons. The van der Waals surface area contributed by atoms with Crippen molar-refractivity contribution < 1.29 is 0 Å². The SMILES string of the molecule is c1ccc(-c2ccc(-c3c4ccccc4c(-c4ccc(-c5ccccc5)cc4)c4cc(-c5ccc6c(c5)N=C5c7ccccc7-c7ccccc7C56)ccc34)cc2)cc1. The smallest absolute Gasteiger partial charge is 0.0682 e. The van der Waals surface area contributed by atoms with Crippen LogP contribution in [-0.4, -0.2) is 5.71 Å². The van der Waals surface area contributed by atoms with E-state index >= 15 is 0 Å². The predicted molar refractivity (Wildman–Crippen MR) is 249 cm³/mol. The molecule has 0 saturated heterocycles. The molecule has 1 heterocycles. The van der Waals surface area contributed by atoms with Crippen molar-refractivity contribution in [2.75, 3.05) is 0 Å². The van der Waals surface area contributed by atoms with Crippen molar-refractivity contribution in [3.05, 3.63) is 235 Å². The summed E-state index contributed by atoms with van der Waals surface area (Å²) in [4.78, 5) is 5.40. The lowest BCUT2D eigenvalue weighted by molar-refractivity contribution is 1.10. The molecule has 0 N–H and O–H groups in total. The Labute approximate surface area is 344 Å². The first-order valence-electron chi connectivity index (χ1n) is 20.5. The van der Waals surface area contributed by atoms with E-state index in [1.807, 2.05) is 0 Å². The lowest BCUT2D eigenvalue weighted by Crippen LogP contribution is -2.18. The van der Waals surface area contributed by atoms with E-state index in [1.165, 1.54) is 105 Å². The van der Waals surface area contributed by atoms with Crippen LogP contribution >= 0.6 is 0 Å². The van der Waals surface area contributed by atoms with E-state index in [0.29, 0.717) is 0 Å². The molecule has 0 radical (unpaired) electrons. The number of fused-ring (bicyclic) bond motifs is 10. The van der Waals surface area contributed by atoms with Crippen LogP contribution in [0, 0.1) is 0 Å². The molecule has 10 aromatic carbocycles. The first-order chi connectivity index (χ1) is 29.3. The van der Waals surface area contributed by atoms with E-state index in [0.717, 1.165) is 11.4 Å². The summed E-state index contributed by atoms with van der Waals surface area (Å²) in [7, 11) is 0. The van der Waals surface area contributed by atoms with Crippen molar-refractivity contribution in [1.29, 1.82) is 0 Å². The monoisotopic (exact) mass is 747 g/mol. The van der Waals surface area contributed by atoms with Gasteiger partial charge < -0.3 is 0 Å². The maximum atomic E-state index is 5.40. The van der Waals surface area contributed by atoms with Crippen molar-refractivity contribution in [1.82, 2.24) is 0 Å². The van der Waals surface area contributed by atoms with E-state index in [1.54, 1.807) is 0 Å². The van der Waals surface area contributed by atoms with Crippen LogP contribution in [0.5, 0.6) is 0 Å². The summed E-state index contributed by atoms with van der Waals surface area (Å²) in [5.74, 6) is 0.134. The summed E-state index contributed by atoms with van der Waals surface area (Å²) in [5.41, 5.74) is 20.8. The first-order valence-corrected chi connectivity index (χ1v) is 20.5. The first kappa shape index (κ1) is 33.5. The average molecular weight is 748 g/mol. The maximum Gasteiger partial charge on any atom is 0.0682 e. The van der Waals surface area contributed by atoms with Gasteiger partial charge in [0.15, 0.2) is 0 Å². The molecule has 0 fully saturated rings. The van der Waals surface area contributed by atoms with Gasteiger partial charge in [0.1, 0.15) is 0 Å². The summed E-state index contributed by atoms with van der Waals surface area (Å²) >= 11 is 0. The van der Waals surface area contributed by atoms with Crippen molar-refractivity contribution in [2.45, 2.75) is 5.92 Å². The van der Waals surface area contributed by atoms with Gasteiger partial charge in [-0.2, -0.15) is 0 Å². The van der Waals surface area contributed by atoms with Gasteiger partial charge in [-0.1, -0.05) is 206 Å². The van der Waals surface area contributed by atoms with Crippen molar-refractivity contribution >= 4 is 32.9 Å². The maximum absolute atomic E-state index is 5.40. The Balaban J connectivity index is 1.05. The number of benzene rings is 10. The van der Waals surface area contributed by atoms with E-state index in [9.17, 15) is 0 Å². The molecular weight excluding hydrogens is 711 g/mol. The Kier molecular flexibility index (Phi) is 7.68. The Bertz CT molecular complexity index is 3280. The molecule has 2 aliphatic rings. The fraction of sp³-hybridized carbons (Fsp3) is 0.0172. The molecule has 1 aliphatic heterocycles. The Morgan fingerprint density at radius 3 is 1.36 bits per heavy atom. The summed E-state index contributed by atoms with van der Waals surface area (Å²) in [6.07, 6.45) is 0. The Hall–Kier alpha value is -7.61. The summed E-state index contributed by atoms with van der Waals surface area (Å²) in [6.45, 7) is 0. The Morgan fingerprint density at radius 1 is 0.271 bits per heavy atom. The highest BCUT2D eigenvalue weighted by molar-refractivity contribution is 6.22. The van der Waals surface area contributed by atoms with Gasteiger partial charge in [0.25, 0.3) is 0 Å². The number of hydrogen-bond acceptors (Lipinski definition) is 1. The second-order valence-electron chi connectivity index (χ2n) is 15.8. The molecule has 0 bridgehead atoms. The third-order valence-corrected chi connectivity index (χ3v) is 12.5. The van der Waals surface area contributed by atoms with Crippen LogP contribution in [0.4, 0.5) is 5.69 Å². The lowest BCUT2D eigenvalue weighted by Gasteiger charge is -2.26. The molecule has 0 spiro atoms. The van der Waals surface area contributed by atoms with Gasteiger partial charge in [0.2, 0.25) is 0 Å². The van der Waals surface area contributed by atoms with Crippen molar-refractivity contribution in [3.8, 4) is 66.8 Å². The van der Waals surface area contributed by atoms with E-state index in [-0.39, 0.29) is 5.92 Å². The molecule has 1 unspecified atom stereocenters. The van der Waals surface area contributed by atoms with Gasteiger partial charge in [-0.25, -0.2) is 0 Å². The minimum absolute atomic E-state index is 0.134. The van der Waals surface area contributed by atoms with Gasteiger partial charge in [-0.15, -0.1) is 0 Å². The molecule has 1 aliphatic carbocycles. The highest BCUT2D eigenvalue weighted by Gasteiger charge is 2.36. The third-order valence-electron chi connectivity index (χ3n) is 12.5. The van der Waals surface area contributed by atoms with E-state index in [4.69, 9.17) is 4.99 Å². The zero-order valence-electron chi connectivity index (χ0n) is 32.3. The predicted octanol–water partition coefficient (Wildman–Crippen LogP) is 15.6. The van der Waals surface area contributed by atoms with Crippen LogP contribution in [0.25, 0.3) is 88.3 Å². The Morgan fingerprint density at radius 2 is 0.712 bits per heavy atom. The summed E-state index contributed by atoms with van der Waals surface area (Å²) < 4.78 is 0. The number of rotatable bonds is 5. The van der Waals surface area contributed by atoms with Crippen molar-refractivity contribution in [2.24, 2.45) is 4.99 Å². The van der Waals surface area contributed by atoms with Gasteiger partial charge in [-0.3, -0.25) is 4.99 Å². The molecular formula is C58H37N. The van der Waals surface area contributed by atoms with Crippen LogP contribution < -0.4 is 0 Å². The van der Waals surface area contributed by atoms with E-state index < -0.39 is 0 Å². The number of aliphatic imine (C=N–C) groups is 1. The molecule has 1 nitrogen and oxygen atoms in total. The van der Waals surface area contributed by atoms with Crippen molar-refractivity contribution in [3.63, 3.8) is 0 Å². The number of nitrogens with zero attached hydrogens (tertiary/aromatic N) is 1. The second-order valence-corrected chi connectivity index (χ2v) is 15.8. The average Bonchev–Trinajstić information content (AvgIpc) is 3.71. The molecule has 1 heteroatoms. The lowest BCUT2D eigenvalue weighted by atomic mass is 9.75. The van der Waals surface area contributed by atoms with Gasteiger partial charge in [-0.05, 0) is 112 Å². The molecule has 12 rings (SSSR count). The highest BCUT2D eigenvalue weighted by atomic mass is 14.8. The van der Waals surface area contributed by atoms with Gasteiger partial charge >= 0.3 is 0 Å². The molecule has 1 atom stereocenters. The van der Waals surface area contributed by atoms with Crippen LogP contribution in [0.15, 0.2) is 223 Å². The topological polar surface area (TPSA) is 12.4 Å².